The van der Waals surface area contributed by atoms with Gasteiger partial charge in [0.1, 0.15) is 5.82 Å². The van der Waals surface area contributed by atoms with E-state index in [0.29, 0.717) is 12.2 Å². The molecule has 3 aromatic rings. The molecule has 0 aliphatic heterocycles. The van der Waals surface area contributed by atoms with Crippen molar-refractivity contribution in [3.8, 4) is 0 Å². The van der Waals surface area contributed by atoms with Gasteiger partial charge in [0.05, 0.1) is 13.0 Å². The van der Waals surface area contributed by atoms with E-state index in [-0.39, 0.29) is 30.0 Å². The first kappa shape index (κ1) is 22.7. The highest BCUT2D eigenvalue weighted by Gasteiger charge is 2.28. The predicted octanol–water partition coefficient (Wildman–Crippen LogP) is 6.04. The highest BCUT2D eigenvalue weighted by molar-refractivity contribution is 5.95. The van der Waals surface area contributed by atoms with E-state index in [1.807, 2.05) is 35.2 Å². The third kappa shape index (κ3) is 6.07. The molecule has 1 aliphatic carbocycles. The van der Waals surface area contributed by atoms with Gasteiger partial charge in [0.2, 0.25) is 11.8 Å². The molecule has 0 aromatic heterocycles. The highest BCUT2D eigenvalue weighted by atomic mass is 19.1. The maximum atomic E-state index is 13.4. The van der Waals surface area contributed by atoms with Crippen LogP contribution in [0.25, 0.3) is 0 Å². The van der Waals surface area contributed by atoms with Crippen molar-refractivity contribution in [3.05, 3.63) is 95.3 Å². The van der Waals surface area contributed by atoms with Crippen LogP contribution in [0, 0.1) is 18.7 Å². The molecule has 0 heterocycles. The van der Waals surface area contributed by atoms with E-state index in [1.54, 1.807) is 0 Å². The van der Waals surface area contributed by atoms with Crippen LogP contribution in [0.1, 0.15) is 42.4 Å². The van der Waals surface area contributed by atoms with Gasteiger partial charge in [0.25, 0.3) is 0 Å². The first-order valence-corrected chi connectivity index (χ1v) is 11.5. The standard InChI is InChI=1S/C28H29FN2O2/c1-20-5-4-6-22(17-20)19-31(28(33)23-7-2-3-8-23)26-15-9-21(10-16-26)18-27(32)30-25-13-11-24(29)12-14-25/h4-6,9-17,23H,2-3,7-8,18-19H2,1H3,(H,30,32). The fraction of sp³-hybridized carbons (Fsp3) is 0.286. The fourth-order valence-corrected chi connectivity index (χ4v) is 4.40. The number of nitrogens with zero attached hydrogens (tertiary/aromatic N) is 1. The largest absolute Gasteiger partial charge is 0.326 e. The van der Waals surface area contributed by atoms with Gasteiger partial charge in [-0.2, -0.15) is 0 Å². The molecule has 4 nitrogen and oxygen atoms in total. The quantitative estimate of drug-likeness (QED) is 0.483. The second kappa shape index (κ2) is 10.4. The van der Waals surface area contributed by atoms with E-state index in [9.17, 15) is 14.0 Å². The highest BCUT2D eigenvalue weighted by Crippen LogP contribution is 2.30. The van der Waals surface area contributed by atoms with Gasteiger partial charge in [0.15, 0.2) is 0 Å². The summed E-state index contributed by atoms with van der Waals surface area (Å²) in [6, 6.07) is 21.6. The Labute approximate surface area is 194 Å². The molecule has 0 unspecified atom stereocenters. The number of aryl methyl sites for hydroxylation is 1. The molecule has 0 spiro atoms. The number of carbonyl (C=O) groups is 2. The summed E-state index contributed by atoms with van der Waals surface area (Å²) in [5.74, 6) is -0.259. The van der Waals surface area contributed by atoms with Crippen molar-refractivity contribution < 1.29 is 14.0 Å². The van der Waals surface area contributed by atoms with Crippen molar-refractivity contribution in [2.75, 3.05) is 10.2 Å². The van der Waals surface area contributed by atoms with Crippen LogP contribution in [-0.2, 0) is 22.6 Å². The molecule has 170 valence electrons. The topological polar surface area (TPSA) is 49.4 Å². The average Bonchev–Trinajstić information content (AvgIpc) is 3.34. The first-order chi connectivity index (χ1) is 16.0. The van der Waals surface area contributed by atoms with Gasteiger partial charge in [-0.15, -0.1) is 0 Å². The molecule has 3 aromatic carbocycles. The Hall–Kier alpha value is -3.47. The van der Waals surface area contributed by atoms with Crippen molar-refractivity contribution in [1.82, 2.24) is 0 Å². The first-order valence-electron chi connectivity index (χ1n) is 11.5. The molecule has 0 saturated heterocycles. The van der Waals surface area contributed by atoms with Gasteiger partial charge < -0.3 is 10.2 Å². The zero-order valence-corrected chi connectivity index (χ0v) is 18.9. The Morgan fingerprint density at radius 3 is 2.30 bits per heavy atom. The Balaban J connectivity index is 1.47. The SMILES string of the molecule is Cc1cccc(CN(C(=O)C2CCCC2)c2ccc(CC(=O)Nc3ccc(F)cc3)cc2)c1. The predicted molar refractivity (Wildman–Crippen MR) is 130 cm³/mol. The Morgan fingerprint density at radius 2 is 1.64 bits per heavy atom. The van der Waals surface area contributed by atoms with Crippen LogP contribution < -0.4 is 10.2 Å². The maximum Gasteiger partial charge on any atom is 0.230 e. The van der Waals surface area contributed by atoms with Gasteiger partial charge in [0, 0.05) is 17.3 Å². The van der Waals surface area contributed by atoms with Crippen LogP contribution in [0.4, 0.5) is 15.8 Å². The molecule has 0 bridgehead atoms. The lowest BCUT2D eigenvalue weighted by molar-refractivity contribution is -0.122. The van der Waals surface area contributed by atoms with Gasteiger partial charge in [-0.05, 0) is 67.3 Å². The zero-order chi connectivity index (χ0) is 23.2. The number of hydrogen-bond donors (Lipinski definition) is 1. The molecule has 2 amide bonds. The minimum Gasteiger partial charge on any atom is -0.326 e. The van der Waals surface area contributed by atoms with E-state index in [1.165, 1.54) is 29.8 Å². The molecule has 1 N–H and O–H groups in total. The van der Waals surface area contributed by atoms with Crippen LogP contribution in [0.3, 0.4) is 0 Å². The van der Waals surface area contributed by atoms with E-state index >= 15 is 0 Å². The van der Waals surface area contributed by atoms with Gasteiger partial charge in [-0.3, -0.25) is 9.59 Å². The van der Waals surface area contributed by atoms with Crippen molar-refractivity contribution in [1.29, 1.82) is 0 Å². The lowest BCUT2D eigenvalue weighted by atomic mass is 10.0. The zero-order valence-electron chi connectivity index (χ0n) is 18.9. The van der Waals surface area contributed by atoms with Gasteiger partial charge in [-0.25, -0.2) is 4.39 Å². The van der Waals surface area contributed by atoms with Crippen molar-refractivity contribution >= 4 is 23.2 Å². The number of nitrogens with one attached hydrogen (secondary N) is 1. The van der Waals surface area contributed by atoms with Crippen LogP contribution in [0.15, 0.2) is 72.8 Å². The summed E-state index contributed by atoms with van der Waals surface area (Å²) in [6.45, 7) is 2.58. The maximum absolute atomic E-state index is 13.4. The molecule has 1 fully saturated rings. The van der Waals surface area contributed by atoms with Crippen LogP contribution >= 0.6 is 0 Å². The molecule has 5 heteroatoms. The van der Waals surface area contributed by atoms with Crippen LogP contribution in [0.5, 0.6) is 0 Å². The van der Waals surface area contributed by atoms with E-state index in [2.05, 4.69) is 30.4 Å². The van der Waals surface area contributed by atoms with Gasteiger partial charge >= 0.3 is 0 Å². The number of halogens is 1. The summed E-state index contributed by atoms with van der Waals surface area (Å²) >= 11 is 0. The van der Waals surface area contributed by atoms with Crippen LogP contribution in [-0.4, -0.2) is 11.8 Å². The number of benzene rings is 3. The number of carbonyl (C=O) groups excluding carboxylic acids is 2. The average molecular weight is 445 g/mol. The monoisotopic (exact) mass is 444 g/mol. The number of amides is 2. The summed E-state index contributed by atoms with van der Waals surface area (Å²) in [6.07, 6.45) is 4.31. The summed E-state index contributed by atoms with van der Waals surface area (Å²) in [7, 11) is 0. The fourth-order valence-electron chi connectivity index (χ4n) is 4.40. The van der Waals surface area contributed by atoms with Crippen molar-refractivity contribution in [2.45, 2.75) is 45.6 Å². The number of anilines is 2. The Bertz CT molecular complexity index is 1100. The van der Waals surface area contributed by atoms with E-state index in [4.69, 9.17) is 0 Å². The van der Waals surface area contributed by atoms with Crippen molar-refractivity contribution in [2.24, 2.45) is 5.92 Å². The Kier molecular flexibility index (Phi) is 7.18. The third-order valence-electron chi connectivity index (χ3n) is 6.13. The molecule has 0 radical (unpaired) electrons. The van der Waals surface area contributed by atoms with E-state index < -0.39 is 0 Å². The minimum atomic E-state index is -0.342. The molecule has 1 aliphatic rings. The smallest absolute Gasteiger partial charge is 0.230 e. The summed E-state index contributed by atoms with van der Waals surface area (Å²) in [5.41, 5.74) is 4.52. The second-order valence-electron chi connectivity index (χ2n) is 8.79. The number of rotatable bonds is 7. The third-order valence-corrected chi connectivity index (χ3v) is 6.13. The molecular formula is C28H29FN2O2. The lowest BCUT2D eigenvalue weighted by Crippen LogP contribution is -2.35. The normalized spacial score (nSPS) is 13.6. The molecule has 1 saturated carbocycles. The number of hydrogen-bond acceptors (Lipinski definition) is 2. The summed E-state index contributed by atoms with van der Waals surface area (Å²) in [4.78, 5) is 27.6. The Morgan fingerprint density at radius 1 is 0.939 bits per heavy atom. The minimum absolute atomic E-state index is 0.0796. The lowest BCUT2D eigenvalue weighted by Gasteiger charge is -2.26. The van der Waals surface area contributed by atoms with Gasteiger partial charge in [-0.1, -0.05) is 54.8 Å². The summed E-state index contributed by atoms with van der Waals surface area (Å²) < 4.78 is 13.0. The summed E-state index contributed by atoms with van der Waals surface area (Å²) in [5, 5.41) is 2.78. The molecule has 0 atom stereocenters. The molecular weight excluding hydrogens is 415 g/mol. The second-order valence-corrected chi connectivity index (χ2v) is 8.79. The van der Waals surface area contributed by atoms with Crippen molar-refractivity contribution in [3.63, 3.8) is 0 Å². The molecule has 4 rings (SSSR count). The van der Waals surface area contributed by atoms with Crippen LogP contribution in [0.2, 0.25) is 0 Å². The molecule has 33 heavy (non-hydrogen) atoms. The van der Waals surface area contributed by atoms with E-state index in [0.717, 1.165) is 42.5 Å².